The maximum atomic E-state index is 4.38. The molecule has 0 aliphatic rings. The van der Waals surface area contributed by atoms with E-state index in [1.807, 2.05) is 38.4 Å². The van der Waals surface area contributed by atoms with Gasteiger partial charge in [-0.25, -0.2) is 0 Å². The summed E-state index contributed by atoms with van der Waals surface area (Å²) >= 11 is 0. The molecule has 0 saturated heterocycles. The molecule has 0 saturated carbocycles. The first-order valence-corrected chi connectivity index (χ1v) is 5.77. The summed E-state index contributed by atoms with van der Waals surface area (Å²) in [5.74, 6) is 6.07. The lowest BCUT2D eigenvalue weighted by molar-refractivity contribution is 0.615. The summed E-state index contributed by atoms with van der Waals surface area (Å²) in [4.78, 5) is 4.38. The minimum atomic E-state index is 0.260. The first-order valence-electron chi connectivity index (χ1n) is 5.77. The number of benzene rings is 1. The zero-order valence-electron chi connectivity index (χ0n) is 10.2. The van der Waals surface area contributed by atoms with Crippen molar-refractivity contribution in [2.45, 2.75) is 19.4 Å². The van der Waals surface area contributed by atoms with E-state index < -0.39 is 0 Å². The first kappa shape index (κ1) is 11.6. The third-order valence-electron chi connectivity index (χ3n) is 2.89. The Bertz CT molecular complexity index is 558. The average Bonchev–Trinajstić information content (AvgIpc) is 2.40. The molecule has 2 nitrogen and oxygen atoms in total. The SMILES string of the molecule is CC#CCC(NC)c1cccc2ncccc12. The molecule has 1 atom stereocenters. The highest BCUT2D eigenvalue weighted by molar-refractivity contribution is 5.82. The van der Waals surface area contributed by atoms with E-state index in [1.54, 1.807) is 0 Å². The van der Waals surface area contributed by atoms with E-state index in [0.717, 1.165) is 11.9 Å². The first-order chi connectivity index (χ1) is 8.36. The molecule has 0 aliphatic carbocycles. The Morgan fingerprint density at radius 1 is 1.29 bits per heavy atom. The number of hydrogen-bond acceptors (Lipinski definition) is 2. The Morgan fingerprint density at radius 2 is 2.18 bits per heavy atom. The Labute approximate surface area is 102 Å². The predicted octanol–water partition coefficient (Wildman–Crippen LogP) is 2.91. The largest absolute Gasteiger partial charge is 0.312 e. The highest BCUT2D eigenvalue weighted by Gasteiger charge is 2.10. The topological polar surface area (TPSA) is 24.9 Å². The van der Waals surface area contributed by atoms with Gasteiger partial charge >= 0.3 is 0 Å². The van der Waals surface area contributed by atoms with E-state index in [4.69, 9.17) is 0 Å². The van der Waals surface area contributed by atoms with Crippen molar-refractivity contribution in [2.75, 3.05) is 7.05 Å². The molecule has 1 heterocycles. The van der Waals surface area contributed by atoms with E-state index in [-0.39, 0.29) is 6.04 Å². The molecule has 0 spiro atoms. The van der Waals surface area contributed by atoms with Crippen LogP contribution in [-0.4, -0.2) is 12.0 Å². The van der Waals surface area contributed by atoms with Crippen LogP contribution in [0.15, 0.2) is 36.5 Å². The Morgan fingerprint density at radius 3 is 2.94 bits per heavy atom. The molecule has 0 fully saturated rings. The van der Waals surface area contributed by atoms with E-state index in [1.165, 1.54) is 10.9 Å². The van der Waals surface area contributed by atoms with Gasteiger partial charge in [-0.1, -0.05) is 18.2 Å². The summed E-state index contributed by atoms with van der Waals surface area (Å²) in [5, 5.41) is 4.52. The maximum Gasteiger partial charge on any atom is 0.0705 e. The van der Waals surface area contributed by atoms with Crippen molar-refractivity contribution in [3.8, 4) is 11.8 Å². The van der Waals surface area contributed by atoms with Crippen LogP contribution < -0.4 is 5.32 Å². The van der Waals surface area contributed by atoms with Crippen LogP contribution >= 0.6 is 0 Å². The highest BCUT2D eigenvalue weighted by Crippen LogP contribution is 2.24. The summed E-state index contributed by atoms with van der Waals surface area (Å²) in [6.07, 6.45) is 2.65. The van der Waals surface area contributed by atoms with E-state index in [9.17, 15) is 0 Å². The Hall–Kier alpha value is -1.85. The zero-order chi connectivity index (χ0) is 12.1. The normalized spacial score (nSPS) is 11.9. The molecule has 1 aromatic carbocycles. The fourth-order valence-electron chi connectivity index (χ4n) is 2.00. The standard InChI is InChI=1S/C15H16N2/c1-3-4-9-14(16-2)12-7-5-10-15-13(12)8-6-11-17-15/h5-8,10-11,14,16H,9H2,1-2H3. The number of pyridine rings is 1. The van der Waals surface area contributed by atoms with Crippen molar-refractivity contribution in [3.05, 3.63) is 42.1 Å². The van der Waals surface area contributed by atoms with Gasteiger partial charge in [-0.05, 0) is 31.7 Å². The van der Waals surface area contributed by atoms with Crippen LogP contribution in [0.4, 0.5) is 0 Å². The van der Waals surface area contributed by atoms with Crippen molar-refractivity contribution >= 4 is 10.9 Å². The van der Waals surface area contributed by atoms with Gasteiger partial charge in [-0.3, -0.25) is 4.98 Å². The second kappa shape index (κ2) is 5.47. The molecule has 2 aromatic rings. The zero-order valence-corrected chi connectivity index (χ0v) is 10.2. The monoisotopic (exact) mass is 224 g/mol. The van der Waals surface area contributed by atoms with Crippen LogP contribution in [0.3, 0.4) is 0 Å². The molecule has 17 heavy (non-hydrogen) atoms. The lowest BCUT2D eigenvalue weighted by Crippen LogP contribution is -2.16. The molecule has 1 unspecified atom stereocenters. The molecule has 0 aliphatic heterocycles. The fraction of sp³-hybridized carbons (Fsp3) is 0.267. The second-order valence-electron chi connectivity index (χ2n) is 3.89. The molecule has 2 heteroatoms. The van der Waals surface area contributed by atoms with Crippen LogP contribution in [0.5, 0.6) is 0 Å². The fourth-order valence-corrected chi connectivity index (χ4v) is 2.00. The van der Waals surface area contributed by atoms with Crippen molar-refractivity contribution in [2.24, 2.45) is 0 Å². The number of hydrogen-bond donors (Lipinski definition) is 1. The Kier molecular flexibility index (Phi) is 3.74. The van der Waals surface area contributed by atoms with Gasteiger partial charge in [0.05, 0.1) is 5.52 Å². The van der Waals surface area contributed by atoms with Crippen molar-refractivity contribution < 1.29 is 0 Å². The van der Waals surface area contributed by atoms with Crippen LogP contribution in [0.25, 0.3) is 10.9 Å². The van der Waals surface area contributed by atoms with Crippen LogP contribution in [-0.2, 0) is 0 Å². The van der Waals surface area contributed by atoms with E-state index in [2.05, 4.69) is 34.3 Å². The van der Waals surface area contributed by atoms with Gasteiger partial charge in [0.15, 0.2) is 0 Å². The van der Waals surface area contributed by atoms with Crippen molar-refractivity contribution in [1.29, 1.82) is 0 Å². The molecule has 2 rings (SSSR count). The van der Waals surface area contributed by atoms with Crippen LogP contribution in [0.2, 0.25) is 0 Å². The number of aromatic nitrogens is 1. The minimum absolute atomic E-state index is 0.260. The lowest BCUT2D eigenvalue weighted by atomic mass is 9.99. The van der Waals surface area contributed by atoms with Gasteiger partial charge in [-0.15, -0.1) is 11.8 Å². The molecule has 86 valence electrons. The molecular weight excluding hydrogens is 208 g/mol. The van der Waals surface area contributed by atoms with Crippen LogP contribution in [0.1, 0.15) is 24.9 Å². The summed E-state index contributed by atoms with van der Waals surface area (Å²) < 4.78 is 0. The number of nitrogens with zero attached hydrogens (tertiary/aromatic N) is 1. The average molecular weight is 224 g/mol. The molecule has 0 radical (unpaired) electrons. The van der Waals surface area contributed by atoms with Crippen LogP contribution in [0, 0.1) is 11.8 Å². The maximum absolute atomic E-state index is 4.38. The molecule has 1 N–H and O–H groups in total. The summed E-state index contributed by atoms with van der Waals surface area (Å²) in [6.45, 7) is 1.87. The second-order valence-corrected chi connectivity index (χ2v) is 3.89. The predicted molar refractivity (Wildman–Crippen MR) is 71.6 cm³/mol. The molecule has 0 bridgehead atoms. The highest BCUT2D eigenvalue weighted by atomic mass is 14.9. The third-order valence-corrected chi connectivity index (χ3v) is 2.89. The van der Waals surface area contributed by atoms with Crippen molar-refractivity contribution in [3.63, 3.8) is 0 Å². The van der Waals surface area contributed by atoms with Gasteiger partial charge in [0, 0.05) is 24.0 Å². The summed E-state index contributed by atoms with van der Waals surface area (Å²) in [6, 6.07) is 10.6. The van der Waals surface area contributed by atoms with Gasteiger partial charge in [0.2, 0.25) is 0 Å². The number of nitrogens with one attached hydrogen (secondary N) is 1. The number of rotatable bonds is 3. The van der Waals surface area contributed by atoms with Gasteiger partial charge in [0.1, 0.15) is 0 Å². The van der Waals surface area contributed by atoms with E-state index in [0.29, 0.717) is 0 Å². The minimum Gasteiger partial charge on any atom is -0.312 e. The quantitative estimate of drug-likeness (QED) is 0.811. The molecule has 0 amide bonds. The Balaban J connectivity index is 2.48. The number of fused-ring (bicyclic) bond motifs is 1. The van der Waals surface area contributed by atoms with Gasteiger partial charge < -0.3 is 5.32 Å². The van der Waals surface area contributed by atoms with Crippen molar-refractivity contribution in [1.82, 2.24) is 10.3 Å². The smallest absolute Gasteiger partial charge is 0.0705 e. The van der Waals surface area contributed by atoms with Gasteiger partial charge in [0.25, 0.3) is 0 Å². The molecular formula is C15H16N2. The summed E-state index contributed by atoms with van der Waals surface area (Å²) in [7, 11) is 1.97. The summed E-state index contributed by atoms with van der Waals surface area (Å²) in [5.41, 5.74) is 2.30. The van der Waals surface area contributed by atoms with E-state index >= 15 is 0 Å². The molecule has 1 aromatic heterocycles. The third kappa shape index (κ3) is 2.46. The lowest BCUT2D eigenvalue weighted by Gasteiger charge is -2.15. The van der Waals surface area contributed by atoms with Gasteiger partial charge in [-0.2, -0.15) is 0 Å².